The number of aromatic nitrogens is 2. The van der Waals surface area contributed by atoms with Crippen molar-refractivity contribution in [2.24, 2.45) is 0 Å². The number of rotatable bonds is 5. The highest BCUT2D eigenvalue weighted by atomic mass is 16.1. The third-order valence-electron chi connectivity index (χ3n) is 3.24. The van der Waals surface area contributed by atoms with Crippen LogP contribution in [-0.4, -0.2) is 22.5 Å². The predicted octanol–water partition coefficient (Wildman–Crippen LogP) is 2.53. The maximum atomic E-state index is 10.8. The van der Waals surface area contributed by atoms with E-state index in [0.717, 1.165) is 11.5 Å². The number of ketones is 1. The molecule has 92 valence electrons. The van der Waals surface area contributed by atoms with Crippen LogP contribution in [0.25, 0.3) is 0 Å². The highest BCUT2D eigenvalue weighted by Gasteiger charge is 2.18. The summed E-state index contributed by atoms with van der Waals surface area (Å²) in [6, 6.07) is 4.01. The third-order valence-corrected chi connectivity index (χ3v) is 3.24. The molecule has 0 atom stereocenters. The number of anilines is 1. The van der Waals surface area contributed by atoms with Crippen LogP contribution in [0.5, 0.6) is 0 Å². The molecule has 1 aliphatic carbocycles. The van der Waals surface area contributed by atoms with Gasteiger partial charge >= 0.3 is 0 Å². The Morgan fingerprint density at radius 1 is 1.35 bits per heavy atom. The molecule has 0 radical (unpaired) electrons. The van der Waals surface area contributed by atoms with Gasteiger partial charge in [0.05, 0.1) is 5.69 Å². The lowest BCUT2D eigenvalue weighted by Crippen LogP contribution is -2.08. The second kappa shape index (κ2) is 5.75. The van der Waals surface area contributed by atoms with Crippen LogP contribution in [0.15, 0.2) is 12.1 Å². The highest BCUT2D eigenvalue weighted by Crippen LogP contribution is 2.32. The van der Waals surface area contributed by atoms with Gasteiger partial charge in [-0.25, -0.2) is 0 Å². The quantitative estimate of drug-likeness (QED) is 0.849. The van der Waals surface area contributed by atoms with Gasteiger partial charge in [-0.2, -0.15) is 5.10 Å². The molecule has 2 rings (SSSR count). The van der Waals surface area contributed by atoms with Crippen molar-refractivity contribution in [1.82, 2.24) is 10.2 Å². The van der Waals surface area contributed by atoms with Crippen molar-refractivity contribution in [3.05, 3.63) is 17.8 Å². The first-order valence-electron chi connectivity index (χ1n) is 6.32. The third kappa shape index (κ3) is 3.51. The normalized spacial score (nSPS) is 16.1. The molecule has 0 aliphatic heterocycles. The number of nitrogens with zero attached hydrogens (tertiary/aromatic N) is 2. The fourth-order valence-corrected chi connectivity index (χ4v) is 2.24. The predicted molar refractivity (Wildman–Crippen MR) is 67.0 cm³/mol. The van der Waals surface area contributed by atoms with Gasteiger partial charge in [-0.15, -0.1) is 5.10 Å². The fraction of sp³-hybridized carbons (Fsp3) is 0.615. The minimum Gasteiger partial charge on any atom is -0.368 e. The lowest BCUT2D eigenvalue weighted by Gasteiger charge is -2.08. The first kappa shape index (κ1) is 12.0. The van der Waals surface area contributed by atoms with Crippen molar-refractivity contribution in [3.8, 4) is 0 Å². The van der Waals surface area contributed by atoms with Crippen molar-refractivity contribution < 1.29 is 4.79 Å². The molecule has 1 N–H and O–H groups in total. The van der Waals surface area contributed by atoms with E-state index in [1.165, 1.54) is 25.7 Å². The van der Waals surface area contributed by atoms with E-state index in [9.17, 15) is 4.79 Å². The number of Topliss-reactive ketones (excluding diaryl/α,β-unsaturated/α-hetero) is 1. The van der Waals surface area contributed by atoms with Gasteiger partial charge in [0.15, 0.2) is 0 Å². The Hall–Kier alpha value is -1.45. The smallest absolute Gasteiger partial charge is 0.148 e. The molecular formula is C13H19N3O. The van der Waals surface area contributed by atoms with Crippen LogP contribution in [0, 0.1) is 0 Å². The molecule has 4 heteroatoms. The van der Waals surface area contributed by atoms with Gasteiger partial charge < -0.3 is 5.32 Å². The molecule has 1 aromatic heterocycles. The first-order chi connectivity index (χ1) is 8.25. The van der Waals surface area contributed by atoms with E-state index in [1.54, 1.807) is 6.92 Å². The van der Waals surface area contributed by atoms with Crippen LogP contribution in [-0.2, 0) is 4.79 Å². The average Bonchev–Trinajstić information content (AvgIpc) is 2.83. The minimum absolute atomic E-state index is 0.188. The van der Waals surface area contributed by atoms with Gasteiger partial charge in [-0.3, -0.25) is 4.79 Å². The largest absolute Gasteiger partial charge is 0.368 e. The van der Waals surface area contributed by atoms with Crippen molar-refractivity contribution in [2.45, 2.75) is 44.9 Å². The molecule has 4 nitrogen and oxygen atoms in total. The molecule has 0 amide bonds. The fourth-order valence-electron chi connectivity index (χ4n) is 2.24. The van der Waals surface area contributed by atoms with Crippen LogP contribution < -0.4 is 5.32 Å². The molecule has 1 fully saturated rings. The van der Waals surface area contributed by atoms with Crippen LogP contribution in [0.1, 0.15) is 50.6 Å². The molecule has 1 saturated carbocycles. The van der Waals surface area contributed by atoms with E-state index >= 15 is 0 Å². The van der Waals surface area contributed by atoms with Crippen molar-refractivity contribution in [3.63, 3.8) is 0 Å². The van der Waals surface area contributed by atoms with Gasteiger partial charge in [0.25, 0.3) is 0 Å². The summed E-state index contributed by atoms with van der Waals surface area (Å²) in [7, 11) is 0. The summed E-state index contributed by atoms with van der Waals surface area (Å²) < 4.78 is 0. The molecule has 1 aromatic rings. The Bertz CT molecular complexity index is 369. The van der Waals surface area contributed by atoms with E-state index in [1.807, 2.05) is 6.07 Å². The first-order valence-corrected chi connectivity index (χ1v) is 6.32. The summed E-state index contributed by atoms with van der Waals surface area (Å²) >= 11 is 0. The van der Waals surface area contributed by atoms with E-state index in [2.05, 4.69) is 21.6 Å². The van der Waals surface area contributed by atoms with Crippen LogP contribution >= 0.6 is 0 Å². The SMILES string of the molecule is CC(=O)CCNc1ccc(C2CCCC2)nn1. The van der Waals surface area contributed by atoms with Gasteiger partial charge in [0.2, 0.25) is 0 Å². The second-order valence-corrected chi connectivity index (χ2v) is 4.70. The summed E-state index contributed by atoms with van der Waals surface area (Å²) in [6.07, 6.45) is 5.64. The number of nitrogens with one attached hydrogen (secondary N) is 1. The summed E-state index contributed by atoms with van der Waals surface area (Å²) in [4.78, 5) is 10.8. The van der Waals surface area contributed by atoms with E-state index < -0.39 is 0 Å². The van der Waals surface area contributed by atoms with Crippen LogP contribution in [0.3, 0.4) is 0 Å². The molecular weight excluding hydrogens is 214 g/mol. The lowest BCUT2D eigenvalue weighted by molar-refractivity contribution is -0.116. The van der Waals surface area contributed by atoms with Crippen molar-refractivity contribution in [1.29, 1.82) is 0 Å². The Kier molecular flexibility index (Phi) is 4.07. The molecule has 1 heterocycles. The zero-order chi connectivity index (χ0) is 12.1. The number of hydrogen-bond acceptors (Lipinski definition) is 4. The maximum Gasteiger partial charge on any atom is 0.148 e. The van der Waals surface area contributed by atoms with Crippen molar-refractivity contribution in [2.75, 3.05) is 11.9 Å². The second-order valence-electron chi connectivity index (χ2n) is 4.70. The zero-order valence-electron chi connectivity index (χ0n) is 10.3. The Labute approximate surface area is 102 Å². The molecule has 0 unspecified atom stereocenters. The maximum absolute atomic E-state index is 10.8. The summed E-state index contributed by atoms with van der Waals surface area (Å²) in [5.74, 6) is 1.55. The number of carbonyl (C=O) groups excluding carboxylic acids is 1. The summed E-state index contributed by atoms with van der Waals surface area (Å²) in [5, 5.41) is 11.5. The molecule has 1 aliphatic rings. The zero-order valence-corrected chi connectivity index (χ0v) is 10.3. The molecule has 0 saturated heterocycles. The van der Waals surface area contributed by atoms with Gasteiger partial charge in [-0.1, -0.05) is 12.8 Å². The molecule has 0 spiro atoms. The van der Waals surface area contributed by atoms with Crippen LogP contribution in [0.4, 0.5) is 5.82 Å². The topological polar surface area (TPSA) is 54.9 Å². The average molecular weight is 233 g/mol. The molecule has 0 bridgehead atoms. The van der Waals surface area contributed by atoms with Crippen LogP contribution in [0.2, 0.25) is 0 Å². The Morgan fingerprint density at radius 3 is 2.71 bits per heavy atom. The number of hydrogen-bond donors (Lipinski definition) is 1. The van der Waals surface area contributed by atoms with E-state index in [4.69, 9.17) is 0 Å². The van der Waals surface area contributed by atoms with E-state index in [0.29, 0.717) is 18.9 Å². The molecule has 17 heavy (non-hydrogen) atoms. The van der Waals surface area contributed by atoms with Gasteiger partial charge in [-0.05, 0) is 31.9 Å². The standard InChI is InChI=1S/C13H19N3O/c1-10(17)8-9-14-13-7-6-12(15-16-13)11-4-2-3-5-11/h6-7,11H,2-5,8-9H2,1H3,(H,14,16). The van der Waals surface area contributed by atoms with Gasteiger partial charge in [0, 0.05) is 18.9 Å². The minimum atomic E-state index is 0.188. The molecule has 0 aromatic carbocycles. The summed E-state index contributed by atoms with van der Waals surface area (Å²) in [5.41, 5.74) is 1.11. The monoisotopic (exact) mass is 233 g/mol. The van der Waals surface area contributed by atoms with Gasteiger partial charge in [0.1, 0.15) is 11.6 Å². The lowest BCUT2D eigenvalue weighted by atomic mass is 10.0. The number of carbonyl (C=O) groups is 1. The van der Waals surface area contributed by atoms with Crippen molar-refractivity contribution >= 4 is 11.6 Å². The Morgan fingerprint density at radius 2 is 2.12 bits per heavy atom. The Balaban J connectivity index is 1.86. The van der Waals surface area contributed by atoms with E-state index in [-0.39, 0.29) is 5.78 Å². The summed E-state index contributed by atoms with van der Waals surface area (Å²) in [6.45, 7) is 2.23. The highest BCUT2D eigenvalue weighted by molar-refractivity contribution is 5.75.